The molecule has 0 saturated heterocycles. The average molecular weight is 244 g/mol. The van der Waals surface area contributed by atoms with Crippen molar-refractivity contribution in [3.8, 4) is 0 Å². The van der Waals surface area contributed by atoms with Crippen molar-refractivity contribution in [2.24, 2.45) is 17.6 Å². The number of aromatic nitrogens is 1. The minimum atomic E-state index is -0.366. The van der Waals surface area contributed by atoms with Crippen LogP contribution in [-0.4, -0.2) is 4.98 Å². The van der Waals surface area contributed by atoms with Crippen LogP contribution in [0, 0.1) is 11.8 Å². The molecule has 0 aliphatic heterocycles. The van der Waals surface area contributed by atoms with E-state index < -0.39 is 0 Å². The molecule has 3 rings (SSSR count). The molecule has 1 aromatic heterocycles. The second-order valence-electron chi connectivity index (χ2n) is 5.88. The molecule has 1 fully saturated rings. The van der Waals surface area contributed by atoms with Crippen LogP contribution in [0.4, 0.5) is 0 Å². The zero-order valence-corrected chi connectivity index (χ0v) is 11.0. The number of rotatable bonds is 0. The fraction of sp³-hybridized carbons (Fsp3) is 0.533. The fourth-order valence-electron chi connectivity index (χ4n) is 4.02. The Morgan fingerprint density at radius 3 is 3.00 bits per heavy atom. The van der Waals surface area contributed by atoms with Crippen molar-refractivity contribution in [3.05, 3.63) is 45.4 Å². The molecular formula is C15H20N2O. The topological polar surface area (TPSA) is 58.9 Å². The Morgan fingerprint density at radius 2 is 2.28 bits per heavy atom. The lowest BCUT2D eigenvalue weighted by Gasteiger charge is -2.48. The SMILES string of the molecule is C/C=C1\C2Cc3[nH]c(=O)ccc3[C@@]1(N)C[C@H](C)C2. The Labute approximate surface area is 107 Å². The predicted molar refractivity (Wildman–Crippen MR) is 72.3 cm³/mol. The number of fused-ring (bicyclic) bond motifs is 4. The van der Waals surface area contributed by atoms with Gasteiger partial charge in [0.05, 0.1) is 5.54 Å². The van der Waals surface area contributed by atoms with E-state index in [-0.39, 0.29) is 11.1 Å². The van der Waals surface area contributed by atoms with Crippen LogP contribution in [-0.2, 0) is 12.0 Å². The van der Waals surface area contributed by atoms with Crippen molar-refractivity contribution in [2.45, 2.75) is 38.6 Å². The third kappa shape index (κ3) is 1.50. The average Bonchev–Trinajstić information content (AvgIpc) is 2.26. The highest BCUT2D eigenvalue weighted by atomic mass is 16.1. The Hall–Kier alpha value is -1.35. The van der Waals surface area contributed by atoms with Crippen LogP contribution in [0.2, 0.25) is 0 Å². The largest absolute Gasteiger partial charge is 0.326 e. The van der Waals surface area contributed by atoms with E-state index in [0.717, 1.165) is 24.1 Å². The first-order valence-electron chi connectivity index (χ1n) is 6.73. The van der Waals surface area contributed by atoms with Crippen LogP contribution in [0.25, 0.3) is 0 Å². The van der Waals surface area contributed by atoms with Crippen molar-refractivity contribution in [1.82, 2.24) is 4.98 Å². The third-order valence-electron chi connectivity index (χ3n) is 4.56. The first-order chi connectivity index (χ1) is 8.54. The van der Waals surface area contributed by atoms with Gasteiger partial charge >= 0.3 is 0 Å². The number of hydrogen-bond donors (Lipinski definition) is 2. The zero-order chi connectivity index (χ0) is 12.9. The number of nitrogens with two attached hydrogens (primary N) is 1. The molecular weight excluding hydrogens is 224 g/mol. The van der Waals surface area contributed by atoms with Gasteiger partial charge < -0.3 is 10.7 Å². The molecule has 2 aliphatic carbocycles. The Balaban J connectivity index is 2.23. The van der Waals surface area contributed by atoms with Gasteiger partial charge in [-0.1, -0.05) is 13.0 Å². The summed E-state index contributed by atoms with van der Waals surface area (Å²) < 4.78 is 0. The number of nitrogens with one attached hydrogen (secondary N) is 1. The molecule has 1 aromatic rings. The Morgan fingerprint density at radius 1 is 1.50 bits per heavy atom. The lowest BCUT2D eigenvalue weighted by atomic mass is 9.60. The first kappa shape index (κ1) is 11.7. The smallest absolute Gasteiger partial charge is 0.248 e. The van der Waals surface area contributed by atoms with Gasteiger partial charge in [-0.2, -0.15) is 0 Å². The number of aromatic amines is 1. The summed E-state index contributed by atoms with van der Waals surface area (Å²) in [5.41, 5.74) is 9.86. The summed E-state index contributed by atoms with van der Waals surface area (Å²) in [7, 11) is 0. The highest BCUT2D eigenvalue weighted by Gasteiger charge is 2.46. The molecule has 2 bridgehead atoms. The molecule has 0 aromatic carbocycles. The number of allylic oxidation sites excluding steroid dienone is 1. The van der Waals surface area contributed by atoms with Gasteiger partial charge in [0.2, 0.25) is 5.56 Å². The Kier molecular flexibility index (Phi) is 2.49. The van der Waals surface area contributed by atoms with Gasteiger partial charge in [0, 0.05) is 11.8 Å². The van der Waals surface area contributed by atoms with Gasteiger partial charge in [-0.25, -0.2) is 0 Å². The Bertz CT molecular complexity index is 572. The molecule has 0 radical (unpaired) electrons. The standard InChI is InChI=1S/C15H20N2O/c1-3-11-10-6-9(2)8-15(11,16)12-4-5-14(18)17-13(12)7-10/h3-5,9-10H,6-8,16H2,1-2H3,(H,17,18)/b11-3+/t9-,10?,15-/m1/s1. The summed E-state index contributed by atoms with van der Waals surface area (Å²) in [6.45, 7) is 4.36. The van der Waals surface area contributed by atoms with Gasteiger partial charge in [-0.05, 0) is 55.2 Å². The van der Waals surface area contributed by atoms with Crippen LogP contribution < -0.4 is 11.3 Å². The van der Waals surface area contributed by atoms with Gasteiger partial charge in [0.15, 0.2) is 0 Å². The monoisotopic (exact) mass is 244 g/mol. The van der Waals surface area contributed by atoms with E-state index in [2.05, 4.69) is 24.9 Å². The van der Waals surface area contributed by atoms with Crippen molar-refractivity contribution in [2.75, 3.05) is 0 Å². The van der Waals surface area contributed by atoms with E-state index in [1.54, 1.807) is 6.07 Å². The van der Waals surface area contributed by atoms with Crippen molar-refractivity contribution >= 4 is 0 Å². The summed E-state index contributed by atoms with van der Waals surface area (Å²) in [6, 6.07) is 3.52. The number of hydrogen-bond acceptors (Lipinski definition) is 2. The van der Waals surface area contributed by atoms with E-state index in [9.17, 15) is 4.79 Å². The van der Waals surface area contributed by atoms with Crippen LogP contribution in [0.3, 0.4) is 0 Å². The van der Waals surface area contributed by atoms with Crippen molar-refractivity contribution in [3.63, 3.8) is 0 Å². The van der Waals surface area contributed by atoms with Crippen LogP contribution in [0.1, 0.15) is 37.9 Å². The molecule has 3 N–H and O–H groups in total. The maximum Gasteiger partial charge on any atom is 0.248 e. The molecule has 0 amide bonds. The summed E-state index contributed by atoms with van der Waals surface area (Å²) in [6.07, 6.45) is 5.26. The molecule has 96 valence electrons. The minimum absolute atomic E-state index is 0.0209. The lowest BCUT2D eigenvalue weighted by molar-refractivity contribution is 0.231. The normalized spacial score (nSPS) is 36.5. The molecule has 0 spiro atoms. The van der Waals surface area contributed by atoms with Crippen LogP contribution in [0.15, 0.2) is 28.6 Å². The maximum atomic E-state index is 11.5. The van der Waals surface area contributed by atoms with Crippen molar-refractivity contribution < 1.29 is 0 Å². The first-order valence-corrected chi connectivity index (χ1v) is 6.73. The zero-order valence-electron chi connectivity index (χ0n) is 11.0. The van der Waals surface area contributed by atoms with Crippen LogP contribution in [0.5, 0.6) is 0 Å². The molecule has 1 saturated carbocycles. The number of pyridine rings is 1. The second-order valence-corrected chi connectivity index (χ2v) is 5.88. The second kappa shape index (κ2) is 3.82. The number of H-pyrrole nitrogens is 1. The van der Waals surface area contributed by atoms with Gasteiger partial charge in [0.25, 0.3) is 0 Å². The fourth-order valence-corrected chi connectivity index (χ4v) is 4.02. The molecule has 18 heavy (non-hydrogen) atoms. The molecule has 3 nitrogen and oxygen atoms in total. The van der Waals surface area contributed by atoms with Gasteiger partial charge in [0.1, 0.15) is 0 Å². The molecule has 1 heterocycles. The minimum Gasteiger partial charge on any atom is -0.326 e. The van der Waals surface area contributed by atoms with Gasteiger partial charge in [-0.3, -0.25) is 4.79 Å². The molecule has 3 atom stereocenters. The predicted octanol–water partition coefficient (Wildman–Crippen LogP) is 2.08. The summed E-state index contributed by atoms with van der Waals surface area (Å²) in [5.74, 6) is 1.14. The highest BCUT2D eigenvalue weighted by molar-refractivity contribution is 5.44. The lowest BCUT2D eigenvalue weighted by Crippen LogP contribution is -2.50. The highest BCUT2D eigenvalue weighted by Crippen LogP contribution is 2.50. The summed E-state index contributed by atoms with van der Waals surface area (Å²) >= 11 is 0. The molecule has 3 heteroatoms. The maximum absolute atomic E-state index is 11.5. The quantitative estimate of drug-likeness (QED) is 0.686. The van der Waals surface area contributed by atoms with Crippen molar-refractivity contribution in [1.29, 1.82) is 0 Å². The van der Waals surface area contributed by atoms with Crippen LogP contribution >= 0.6 is 0 Å². The van der Waals surface area contributed by atoms with Gasteiger partial charge in [-0.15, -0.1) is 0 Å². The van der Waals surface area contributed by atoms with E-state index in [1.165, 1.54) is 12.0 Å². The molecule has 2 aliphatic rings. The third-order valence-corrected chi connectivity index (χ3v) is 4.56. The van der Waals surface area contributed by atoms with E-state index in [4.69, 9.17) is 5.73 Å². The van der Waals surface area contributed by atoms with E-state index in [1.807, 2.05) is 6.07 Å². The molecule has 1 unspecified atom stereocenters. The van der Waals surface area contributed by atoms with E-state index in [0.29, 0.717) is 11.8 Å². The summed E-state index contributed by atoms with van der Waals surface area (Å²) in [4.78, 5) is 14.4. The summed E-state index contributed by atoms with van der Waals surface area (Å²) in [5, 5.41) is 0. The van der Waals surface area contributed by atoms with E-state index >= 15 is 0 Å².